The van der Waals surface area contributed by atoms with Gasteiger partial charge in [-0.1, -0.05) is 58.3 Å². The molecule has 15 heavy (non-hydrogen) atoms. The minimum absolute atomic E-state index is 0. The van der Waals surface area contributed by atoms with E-state index in [1.807, 2.05) is 0 Å². The summed E-state index contributed by atoms with van der Waals surface area (Å²) >= 11 is 0. The Hall–Kier alpha value is 0.340. The van der Waals surface area contributed by atoms with E-state index >= 15 is 0 Å². The van der Waals surface area contributed by atoms with Gasteiger partial charge < -0.3 is 5.11 Å². The molecule has 0 aliphatic carbocycles. The molecular weight excluding hydrogens is 291 g/mol. The summed E-state index contributed by atoms with van der Waals surface area (Å²) in [5, 5.41) is 8.41. The number of hydrogen-bond acceptors (Lipinski definition) is 1. The molecule has 0 aromatic carbocycles. The van der Waals surface area contributed by atoms with Crippen LogP contribution in [0.25, 0.3) is 0 Å². The van der Waals surface area contributed by atoms with E-state index in [4.69, 9.17) is 5.11 Å². The zero-order chi connectivity index (χ0) is 10.6. The standard InChI is InChI=1S/C12H24O2.In/c1-2-3-4-5-6-7-8-9-10-11-12(13)14;/h2-11H2,1H3,(H,13,14);. The van der Waals surface area contributed by atoms with Gasteiger partial charge in [0.2, 0.25) is 0 Å². The van der Waals surface area contributed by atoms with Crippen molar-refractivity contribution in [3.8, 4) is 0 Å². The van der Waals surface area contributed by atoms with E-state index in [-0.39, 0.29) is 25.8 Å². The predicted molar refractivity (Wildman–Crippen MR) is 65.2 cm³/mol. The Bertz CT molecular complexity index is 138. The zero-order valence-electron chi connectivity index (χ0n) is 10.0. The first-order valence-corrected chi connectivity index (χ1v) is 5.99. The van der Waals surface area contributed by atoms with Crippen molar-refractivity contribution in [2.45, 2.75) is 71.1 Å². The average molecular weight is 315 g/mol. The van der Waals surface area contributed by atoms with Crippen molar-refractivity contribution in [3.63, 3.8) is 0 Å². The summed E-state index contributed by atoms with van der Waals surface area (Å²) in [7, 11) is 0. The maximum absolute atomic E-state index is 10.2. The van der Waals surface area contributed by atoms with Crippen molar-refractivity contribution >= 4 is 31.8 Å². The van der Waals surface area contributed by atoms with Crippen molar-refractivity contribution in [1.29, 1.82) is 0 Å². The van der Waals surface area contributed by atoms with Crippen molar-refractivity contribution in [1.82, 2.24) is 0 Å². The van der Waals surface area contributed by atoms with E-state index < -0.39 is 5.97 Å². The van der Waals surface area contributed by atoms with Crippen molar-refractivity contribution in [3.05, 3.63) is 0 Å². The minimum Gasteiger partial charge on any atom is -0.481 e. The van der Waals surface area contributed by atoms with Crippen LogP contribution in [-0.4, -0.2) is 36.9 Å². The molecule has 0 amide bonds. The summed E-state index contributed by atoms with van der Waals surface area (Å²) in [5.74, 6) is -0.659. The van der Waals surface area contributed by atoms with Crippen LogP contribution in [0.2, 0.25) is 0 Å². The smallest absolute Gasteiger partial charge is 0.303 e. The topological polar surface area (TPSA) is 37.3 Å². The normalized spacial score (nSPS) is 9.67. The van der Waals surface area contributed by atoms with Gasteiger partial charge in [-0.3, -0.25) is 4.79 Å². The van der Waals surface area contributed by atoms with Gasteiger partial charge in [0.1, 0.15) is 0 Å². The Morgan fingerprint density at radius 3 is 1.67 bits per heavy atom. The first-order valence-electron chi connectivity index (χ1n) is 5.99. The number of carbonyl (C=O) groups is 1. The van der Waals surface area contributed by atoms with Crippen LogP contribution in [0.5, 0.6) is 0 Å². The zero-order valence-corrected chi connectivity index (χ0v) is 13.3. The van der Waals surface area contributed by atoms with Gasteiger partial charge >= 0.3 is 5.97 Å². The van der Waals surface area contributed by atoms with E-state index in [1.54, 1.807) is 0 Å². The van der Waals surface area contributed by atoms with Crippen LogP contribution in [-0.2, 0) is 4.79 Å². The van der Waals surface area contributed by atoms with Gasteiger partial charge in [-0.25, -0.2) is 0 Å². The second-order valence-electron chi connectivity index (χ2n) is 3.97. The molecule has 3 radical (unpaired) electrons. The quantitative estimate of drug-likeness (QED) is 0.625. The molecule has 0 fully saturated rings. The van der Waals surface area contributed by atoms with Crippen LogP contribution in [0.4, 0.5) is 0 Å². The monoisotopic (exact) mass is 315 g/mol. The third-order valence-corrected chi connectivity index (χ3v) is 2.49. The van der Waals surface area contributed by atoms with Gasteiger partial charge in [0.15, 0.2) is 0 Å². The predicted octanol–water partition coefficient (Wildman–Crippen LogP) is 3.61. The van der Waals surface area contributed by atoms with E-state index in [2.05, 4.69) is 6.92 Å². The molecule has 0 heterocycles. The number of aliphatic carboxylic acids is 1. The number of hydrogen-bond donors (Lipinski definition) is 1. The summed E-state index contributed by atoms with van der Waals surface area (Å²) in [5.41, 5.74) is 0. The minimum atomic E-state index is -0.659. The van der Waals surface area contributed by atoms with Crippen LogP contribution in [0, 0.1) is 0 Å². The van der Waals surface area contributed by atoms with Crippen LogP contribution in [0.3, 0.4) is 0 Å². The van der Waals surface area contributed by atoms with Gasteiger partial charge in [-0.15, -0.1) is 0 Å². The fourth-order valence-electron chi connectivity index (χ4n) is 1.59. The van der Waals surface area contributed by atoms with E-state index in [0.717, 1.165) is 12.8 Å². The number of rotatable bonds is 10. The summed E-state index contributed by atoms with van der Waals surface area (Å²) in [6.07, 6.45) is 11.5. The molecule has 0 unspecified atom stereocenters. The largest absolute Gasteiger partial charge is 0.481 e. The van der Waals surface area contributed by atoms with Gasteiger partial charge in [0, 0.05) is 32.3 Å². The molecule has 0 bridgehead atoms. The Kier molecular flexibility index (Phi) is 16.9. The molecule has 0 spiro atoms. The first-order chi connectivity index (χ1) is 6.77. The SMILES string of the molecule is CCCCCCCCCCCC(=O)O.[In]. The molecular formula is C12H24InO2. The van der Waals surface area contributed by atoms with Gasteiger partial charge in [0.25, 0.3) is 0 Å². The van der Waals surface area contributed by atoms with Gasteiger partial charge in [-0.05, 0) is 6.42 Å². The first kappa shape index (κ1) is 17.7. The summed E-state index contributed by atoms with van der Waals surface area (Å²) < 4.78 is 0. The molecule has 2 nitrogen and oxygen atoms in total. The molecule has 87 valence electrons. The van der Waals surface area contributed by atoms with Crippen LogP contribution in [0.1, 0.15) is 71.1 Å². The molecule has 0 atom stereocenters. The average Bonchev–Trinajstić information content (AvgIpc) is 2.15. The van der Waals surface area contributed by atoms with Crippen molar-refractivity contribution in [2.75, 3.05) is 0 Å². The number of carboxylic acids is 1. The third kappa shape index (κ3) is 17.0. The van der Waals surface area contributed by atoms with E-state index in [0.29, 0.717) is 6.42 Å². The summed E-state index contributed by atoms with van der Waals surface area (Å²) in [4.78, 5) is 10.2. The maximum Gasteiger partial charge on any atom is 0.303 e. The molecule has 0 aliphatic rings. The molecule has 0 rings (SSSR count). The summed E-state index contributed by atoms with van der Waals surface area (Å²) in [6, 6.07) is 0. The summed E-state index contributed by atoms with van der Waals surface area (Å²) in [6.45, 7) is 2.23. The Morgan fingerprint density at radius 1 is 0.867 bits per heavy atom. The second kappa shape index (κ2) is 14.3. The number of unbranched alkanes of at least 4 members (excludes halogenated alkanes) is 8. The van der Waals surface area contributed by atoms with Crippen molar-refractivity contribution < 1.29 is 9.90 Å². The molecule has 1 N–H and O–H groups in total. The molecule has 3 heteroatoms. The Balaban J connectivity index is 0. The molecule has 0 aliphatic heterocycles. The van der Waals surface area contributed by atoms with Crippen LogP contribution in [0.15, 0.2) is 0 Å². The van der Waals surface area contributed by atoms with E-state index in [9.17, 15) is 4.79 Å². The van der Waals surface area contributed by atoms with Gasteiger partial charge in [0.05, 0.1) is 0 Å². The third-order valence-electron chi connectivity index (χ3n) is 2.49. The number of carboxylic acid groups (broad SMARTS) is 1. The molecule has 0 aromatic rings. The van der Waals surface area contributed by atoms with Gasteiger partial charge in [-0.2, -0.15) is 0 Å². The Labute approximate surface area is 113 Å². The van der Waals surface area contributed by atoms with Crippen LogP contribution < -0.4 is 0 Å². The Morgan fingerprint density at radius 2 is 1.27 bits per heavy atom. The maximum atomic E-state index is 10.2. The molecule has 0 saturated heterocycles. The molecule has 0 saturated carbocycles. The van der Waals surface area contributed by atoms with Crippen molar-refractivity contribution in [2.24, 2.45) is 0 Å². The van der Waals surface area contributed by atoms with Crippen LogP contribution >= 0.6 is 0 Å². The van der Waals surface area contributed by atoms with E-state index in [1.165, 1.54) is 44.9 Å². The fraction of sp³-hybridized carbons (Fsp3) is 0.917. The molecule has 0 aromatic heterocycles. The second-order valence-corrected chi connectivity index (χ2v) is 3.97. The fourth-order valence-corrected chi connectivity index (χ4v) is 1.59.